The topological polar surface area (TPSA) is 159 Å². The number of imidazole rings is 1. The van der Waals surface area contributed by atoms with Crippen LogP contribution in [0.4, 0.5) is 10.2 Å². The van der Waals surface area contributed by atoms with Gasteiger partial charge < -0.3 is 24.4 Å². The van der Waals surface area contributed by atoms with E-state index in [1.165, 1.54) is 30.0 Å². The second-order valence-corrected chi connectivity index (χ2v) is 10.6. The van der Waals surface area contributed by atoms with E-state index in [0.29, 0.717) is 17.2 Å². The van der Waals surface area contributed by atoms with Gasteiger partial charge in [0.2, 0.25) is 5.67 Å². The number of nitrogens with one attached hydrogen (secondary N) is 2. The molecule has 0 aliphatic carbocycles. The van der Waals surface area contributed by atoms with E-state index >= 15 is 4.39 Å². The highest BCUT2D eigenvalue weighted by Crippen LogP contribution is 2.48. The van der Waals surface area contributed by atoms with Crippen LogP contribution in [0.2, 0.25) is 0 Å². The van der Waals surface area contributed by atoms with Gasteiger partial charge in [0.05, 0.1) is 19.5 Å². The minimum Gasteiger partial charge on any atom is -0.465 e. The first-order valence-electron chi connectivity index (χ1n) is 12.4. The molecule has 40 heavy (non-hydrogen) atoms. The Kier molecular flexibility index (Phi) is 8.72. The zero-order chi connectivity index (χ0) is 29.1. The van der Waals surface area contributed by atoms with Gasteiger partial charge in [-0.15, -0.1) is 6.42 Å². The van der Waals surface area contributed by atoms with Crippen molar-refractivity contribution in [2.45, 2.75) is 50.9 Å². The quantitative estimate of drug-likeness (QED) is 0.174. The number of carbonyl (C=O) groups excluding carboxylic acids is 1. The van der Waals surface area contributed by atoms with Crippen molar-refractivity contribution in [3.63, 3.8) is 0 Å². The third-order valence-electron chi connectivity index (χ3n) is 6.06. The van der Waals surface area contributed by atoms with Crippen LogP contribution in [0.15, 0.2) is 36.7 Å². The molecule has 214 valence electrons. The van der Waals surface area contributed by atoms with Gasteiger partial charge in [-0.05, 0) is 32.9 Å². The van der Waals surface area contributed by atoms with E-state index in [1.54, 1.807) is 39.1 Å². The Morgan fingerprint density at radius 1 is 1.38 bits per heavy atom. The summed E-state index contributed by atoms with van der Waals surface area (Å²) < 4.78 is 53.0. The van der Waals surface area contributed by atoms with E-state index in [2.05, 4.69) is 25.4 Å². The molecule has 1 aliphatic heterocycles. The summed E-state index contributed by atoms with van der Waals surface area (Å²) in [6, 6.07) is 6.98. The Morgan fingerprint density at radius 2 is 2.10 bits per heavy atom. The predicted molar refractivity (Wildman–Crippen MR) is 142 cm³/mol. The first-order valence-corrected chi connectivity index (χ1v) is 13.9. The number of hydrogen-bond acceptors (Lipinski definition) is 11. The SMILES string of the molecule is C#C[C@@]1(F)[C@H](O)[C@@H](CO[P@](=O)(N[C@@H](C)C(=O)OCC)Oc2ccccc2)O[C@H]1n1cnc2c(NC)nc(C)nc21. The number of terminal acetylenes is 1. The van der Waals surface area contributed by atoms with Crippen LogP contribution < -0.4 is 14.9 Å². The fraction of sp³-hybridized carbons (Fsp3) is 0.440. The van der Waals surface area contributed by atoms with Crippen LogP contribution in [-0.4, -0.2) is 74.8 Å². The van der Waals surface area contributed by atoms with Crippen LogP contribution in [0.3, 0.4) is 0 Å². The predicted octanol–water partition coefficient (Wildman–Crippen LogP) is 2.52. The maximum absolute atomic E-state index is 16.1. The van der Waals surface area contributed by atoms with Crippen LogP contribution in [0, 0.1) is 19.3 Å². The normalized spacial score (nSPS) is 24.7. The molecule has 4 rings (SSSR count). The minimum atomic E-state index is -4.30. The van der Waals surface area contributed by atoms with Crippen LogP contribution in [0.25, 0.3) is 11.2 Å². The van der Waals surface area contributed by atoms with Crippen molar-refractivity contribution in [1.82, 2.24) is 24.6 Å². The smallest absolute Gasteiger partial charge is 0.459 e. The summed E-state index contributed by atoms with van der Waals surface area (Å²) in [7, 11) is -2.65. The monoisotopic (exact) mass is 576 g/mol. The molecule has 13 nitrogen and oxygen atoms in total. The lowest BCUT2D eigenvalue weighted by Crippen LogP contribution is -2.42. The first-order chi connectivity index (χ1) is 19.0. The van der Waals surface area contributed by atoms with Gasteiger partial charge in [-0.25, -0.2) is 23.9 Å². The fourth-order valence-electron chi connectivity index (χ4n) is 4.12. The van der Waals surface area contributed by atoms with Gasteiger partial charge in [0.25, 0.3) is 0 Å². The largest absolute Gasteiger partial charge is 0.465 e. The highest BCUT2D eigenvalue weighted by Gasteiger charge is 2.58. The number of aryl methyl sites for hydroxylation is 1. The van der Waals surface area contributed by atoms with E-state index < -0.39 is 50.5 Å². The summed E-state index contributed by atoms with van der Waals surface area (Å²) in [5, 5.41) is 16.3. The molecule has 2 aromatic heterocycles. The molecule has 0 spiro atoms. The number of fused-ring (bicyclic) bond motifs is 1. The Bertz CT molecular complexity index is 1450. The summed E-state index contributed by atoms with van der Waals surface area (Å²) in [5.41, 5.74) is -2.19. The molecule has 0 saturated carbocycles. The number of aromatic nitrogens is 4. The van der Waals surface area contributed by atoms with Crippen molar-refractivity contribution in [3.8, 4) is 18.1 Å². The lowest BCUT2D eigenvalue weighted by Gasteiger charge is -2.25. The van der Waals surface area contributed by atoms with Gasteiger partial charge in [-0.1, -0.05) is 24.1 Å². The standard InChI is InChI=1S/C25H30FN6O7P/c1-6-25(26)20(33)18(38-24(25)32-14-28-19-21(27-5)29-16(4)30-22(19)32)13-37-40(35,31-15(3)23(34)36-7-2)39-17-11-9-8-10-12-17/h1,8-12,14-15,18,20,24,33H,7,13H2,2-5H3,(H,31,35)(H,27,29,30)/t15-,18+,20+,24+,25+,40+/m0/s1. The number of para-hydroxylation sites is 1. The summed E-state index contributed by atoms with van der Waals surface area (Å²) in [6.45, 7) is 4.17. The molecule has 1 saturated heterocycles. The van der Waals surface area contributed by atoms with E-state index in [0.717, 1.165) is 0 Å². The average Bonchev–Trinajstić information content (AvgIpc) is 3.46. The Balaban J connectivity index is 1.60. The highest BCUT2D eigenvalue weighted by molar-refractivity contribution is 7.52. The number of halogens is 1. The molecular formula is C25H30FN6O7P. The van der Waals surface area contributed by atoms with Gasteiger partial charge in [0.1, 0.15) is 29.8 Å². The second-order valence-electron chi connectivity index (χ2n) is 8.88. The van der Waals surface area contributed by atoms with Crippen LogP contribution in [-0.2, 0) is 23.4 Å². The van der Waals surface area contributed by atoms with Gasteiger partial charge in [-0.2, -0.15) is 5.09 Å². The number of nitrogens with zero attached hydrogens (tertiary/aromatic N) is 4. The number of benzene rings is 1. The molecular weight excluding hydrogens is 546 g/mol. The van der Waals surface area contributed by atoms with Gasteiger partial charge in [0, 0.05) is 7.05 Å². The number of hydrogen-bond donors (Lipinski definition) is 3. The number of rotatable bonds is 11. The Hall–Kier alpha value is -3.60. The molecule has 1 aliphatic rings. The fourth-order valence-corrected chi connectivity index (χ4v) is 5.62. The second kappa shape index (κ2) is 11.9. The number of carbonyl (C=O) groups is 1. The van der Waals surface area contributed by atoms with Crippen molar-refractivity contribution in [3.05, 3.63) is 42.5 Å². The molecule has 0 unspecified atom stereocenters. The molecule has 1 aromatic carbocycles. The molecule has 15 heteroatoms. The number of aliphatic hydroxyl groups is 1. The van der Waals surface area contributed by atoms with Gasteiger partial charge in [0.15, 0.2) is 23.2 Å². The number of esters is 1. The molecule has 6 atom stereocenters. The Morgan fingerprint density at radius 3 is 2.75 bits per heavy atom. The zero-order valence-corrected chi connectivity index (χ0v) is 23.2. The van der Waals surface area contributed by atoms with Crippen LogP contribution >= 0.6 is 7.75 Å². The molecule has 1 fully saturated rings. The number of anilines is 1. The van der Waals surface area contributed by atoms with E-state index in [9.17, 15) is 14.5 Å². The number of aliphatic hydroxyl groups excluding tert-OH is 1. The minimum absolute atomic E-state index is 0.104. The molecule has 3 N–H and O–H groups in total. The molecule has 3 heterocycles. The first kappa shape index (κ1) is 29.4. The maximum Gasteiger partial charge on any atom is 0.459 e. The lowest BCUT2D eigenvalue weighted by atomic mass is 9.97. The van der Waals surface area contributed by atoms with E-state index in [-0.39, 0.29) is 18.0 Å². The molecule has 3 aromatic rings. The average molecular weight is 577 g/mol. The van der Waals surface area contributed by atoms with Crippen molar-refractivity contribution >= 4 is 30.7 Å². The lowest BCUT2D eigenvalue weighted by molar-refractivity contribution is -0.144. The third-order valence-corrected chi connectivity index (χ3v) is 7.70. The summed E-state index contributed by atoms with van der Waals surface area (Å²) in [6.07, 6.45) is 1.94. The van der Waals surface area contributed by atoms with Crippen molar-refractivity contribution in [1.29, 1.82) is 0 Å². The zero-order valence-electron chi connectivity index (χ0n) is 22.3. The number of alkyl halides is 1. The maximum atomic E-state index is 16.1. The molecule has 0 bridgehead atoms. The summed E-state index contributed by atoms with van der Waals surface area (Å²) in [4.78, 5) is 25.0. The summed E-state index contributed by atoms with van der Waals surface area (Å²) in [5.74, 6) is 2.24. The summed E-state index contributed by atoms with van der Waals surface area (Å²) >= 11 is 0. The number of ether oxygens (including phenoxy) is 2. The van der Waals surface area contributed by atoms with E-state index in [4.69, 9.17) is 24.9 Å². The van der Waals surface area contributed by atoms with Crippen molar-refractivity contribution in [2.24, 2.45) is 0 Å². The third kappa shape index (κ3) is 5.79. The highest BCUT2D eigenvalue weighted by atomic mass is 31.2. The van der Waals surface area contributed by atoms with Crippen molar-refractivity contribution < 1.29 is 37.4 Å². The molecule has 0 amide bonds. The van der Waals surface area contributed by atoms with Gasteiger partial charge >= 0.3 is 13.7 Å². The Labute approximate surface area is 230 Å². The van der Waals surface area contributed by atoms with Crippen molar-refractivity contribution in [2.75, 3.05) is 25.6 Å². The van der Waals surface area contributed by atoms with Crippen LogP contribution in [0.5, 0.6) is 5.75 Å². The van der Waals surface area contributed by atoms with E-state index in [1.807, 2.05) is 5.92 Å². The molecule has 0 radical (unpaired) electrons. The van der Waals surface area contributed by atoms with Gasteiger partial charge in [-0.3, -0.25) is 13.9 Å². The van der Waals surface area contributed by atoms with Crippen LogP contribution in [0.1, 0.15) is 25.9 Å².